The fourth-order valence-electron chi connectivity index (χ4n) is 14.8. The summed E-state index contributed by atoms with van der Waals surface area (Å²) in [4.78, 5) is 0. The van der Waals surface area contributed by atoms with Crippen molar-refractivity contribution in [2.24, 2.45) is 0 Å². The molecule has 0 saturated heterocycles. The first-order chi connectivity index (χ1) is 48.5. The maximum Gasteiger partial charge on any atom is 0.0541 e. The minimum Gasteiger partial charge on any atom is -0.309 e. The van der Waals surface area contributed by atoms with E-state index in [1.165, 1.54) is 122 Å². The lowest BCUT2D eigenvalue weighted by Gasteiger charge is -2.16. The molecular formula is C96H64N2. The third-order valence-electron chi connectivity index (χ3n) is 19.7. The molecule has 18 aromatic rings. The van der Waals surface area contributed by atoms with Crippen molar-refractivity contribution < 1.29 is 0 Å². The van der Waals surface area contributed by atoms with Gasteiger partial charge in [0, 0.05) is 32.9 Å². The lowest BCUT2D eigenvalue weighted by atomic mass is 9.93. The number of benzene rings is 16. The van der Waals surface area contributed by atoms with E-state index in [1.54, 1.807) is 0 Å². The zero-order valence-electron chi connectivity index (χ0n) is 53.8. The number of para-hydroxylation sites is 2. The Morgan fingerprint density at radius 3 is 0.704 bits per heavy atom. The summed E-state index contributed by atoms with van der Waals surface area (Å²) in [6.45, 7) is 0. The summed E-state index contributed by atoms with van der Waals surface area (Å²) in [6, 6.07) is 143. The summed E-state index contributed by atoms with van der Waals surface area (Å²) in [6.07, 6.45) is 0. The van der Waals surface area contributed by atoms with Gasteiger partial charge in [0.15, 0.2) is 0 Å². The molecule has 0 spiro atoms. The molecule has 0 aliphatic heterocycles. The van der Waals surface area contributed by atoms with Crippen LogP contribution in [0.15, 0.2) is 388 Å². The van der Waals surface area contributed by atoms with E-state index < -0.39 is 0 Å². The van der Waals surface area contributed by atoms with Gasteiger partial charge in [0.2, 0.25) is 0 Å². The van der Waals surface area contributed by atoms with Gasteiger partial charge in [-0.1, -0.05) is 291 Å². The van der Waals surface area contributed by atoms with E-state index in [-0.39, 0.29) is 0 Å². The lowest BCUT2D eigenvalue weighted by molar-refractivity contribution is 1.18. The van der Waals surface area contributed by atoms with Crippen LogP contribution < -0.4 is 0 Å². The van der Waals surface area contributed by atoms with Crippen LogP contribution in [0.3, 0.4) is 0 Å². The van der Waals surface area contributed by atoms with E-state index in [1.807, 2.05) is 0 Å². The Hall–Kier alpha value is -12.9. The first kappa shape index (κ1) is 57.8. The summed E-state index contributed by atoms with van der Waals surface area (Å²) in [5.74, 6) is 0. The number of rotatable bonds is 13. The second-order valence-electron chi connectivity index (χ2n) is 25.6. The Morgan fingerprint density at radius 2 is 0.327 bits per heavy atom. The minimum atomic E-state index is 1.09. The Balaban J connectivity index is 0.729. The molecule has 0 fully saturated rings. The highest BCUT2D eigenvalue weighted by molar-refractivity contribution is 6.13. The zero-order valence-corrected chi connectivity index (χ0v) is 53.8. The summed E-state index contributed by atoms with van der Waals surface area (Å²) >= 11 is 0. The molecule has 0 N–H and O–H groups in total. The molecule has 18 rings (SSSR count). The molecule has 0 aliphatic carbocycles. The van der Waals surface area contributed by atoms with E-state index in [2.05, 4.69) is 397 Å². The fourth-order valence-corrected chi connectivity index (χ4v) is 14.8. The Morgan fingerprint density at radius 1 is 0.112 bits per heavy atom. The van der Waals surface area contributed by atoms with Gasteiger partial charge in [-0.2, -0.15) is 0 Å². The molecule has 0 unspecified atom stereocenters. The number of hydrogen-bond acceptors (Lipinski definition) is 0. The van der Waals surface area contributed by atoms with Crippen LogP contribution in [0.25, 0.3) is 177 Å². The highest BCUT2D eigenvalue weighted by Crippen LogP contribution is 2.43. The fraction of sp³-hybridized carbons (Fsp3) is 0. The first-order valence-corrected chi connectivity index (χ1v) is 33.8. The van der Waals surface area contributed by atoms with Crippen molar-refractivity contribution >= 4 is 43.6 Å². The van der Waals surface area contributed by atoms with Crippen LogP contribution in [0.1, 0.15) is 0 Å². The highest BCUT2D eigenvalue weighted by Gasteiger charge is 2.20. The van der Waals surface area contributed by atoms with Gasteiger partial charge in [-0.05, 0) is 219 Å². The van der Waals surface area contributed by atoms with Crippen LogP contribution in [-0.2, 0) is 0 Å². The Labute approximate surface area is 571 Å². The molecule has 0 aliphatic rings. The van der Waals surface area contributed by atoms with Gasteiger partial charge in [-0.15, -0.1) is 0 Å². The molecule has 2 heteroatoms. The topological polar surface area (TPSA) is 9.86 Å². The molecule has 0 atom stereocenters. The van der Waals surface area contributed by atoms with E-state index in [4.69, 9.17) is 0 Å². The van der Waals surface area contributed by atoms with Crippen molar-refractivity contribution in [1.29, 1.82) is 0 Å². The van der Waals surface area contributed by atoms with Gasteiger partial charge >= 0.3 is 0 Å². The van der Waals surface area contributed by atoms with Crippen LogP contribution in [0.4, 0.5) is 0 Å². The van der Waals surface area contributed by atoms with Crippen molar-refractivity contribution in [2.45, 2.75) is 0 Å². The van der Waals surface area contributed by atoms with E-state index in [0.29, 0.717) is 0 Å². The van der Waals surface area contributed by atoms with Gasteiger partial charge in [-0.25, -0.2) is 0 Å². The molecule has 458 valence electrons. The number of nitrogens with zero attached hydrogens (tertiary/aromatic N) is 2. The number of fused-ring (bicyclic) bond motifs is 6. The van der Waals surface area contributed by atoms with Crippen molar-refractivity contribution in [3.63, 3.8) is 0 Å². The van der Waals surface area contributed by atoms with E-state index in [0.717, 1.165) is 55.8 Å². The molecule has 98 heavy (non-hydrogen) atoms. The summed E-state index contributed by atoms with van der Waals surface area (Å²) < 4.78 is 4.91. The first-order valence-electron chi connectivity index (χ1n) is 33.8. The van der Waals surface area contributed by atoms with Crippen LogP contribution in [-0.4, -0.2) is 9.13 Å². The normalized spacial score (nSPS) is 11.5. The van der Waals surface area contributed by atoms with E-state index in [9.17, 15) is 0 Å². The van der Waals surface area contributed by atoms with Crippen molar-refractivity contribution in [2.75, 3.05) is 0 Å². The predicted octanol–water partition coefficient (Wildman–Crippen LogP) is 26.2. The molecule has 0 amide bonds. The van der Waals surface area contributed by atoms with Gasteiger partial charge in [0.1, 0.15) is 0 Å². The Bertz CT molecular complexity index is 6010. The SMILES string of the molecule is c1ccc(-c2ccc(-c3cccc(-c4cccc(-c5cc(-c6cccc(-c7ccc(-c8cccc(-c9ccccc9)c8)cc7)c6)cc(-n6c7ccccc7c7cc(-c8ccc9c(c8)c8ccccc8n9-c8cccc(-c9cccc(-c%10ccccc%10)c9)c8)ccc76)c5)c4)c3)cc2)cc1. The zero-order chi connectivity index (χ0) is 64.9. The smallest absolute Gasteiger partial charge is 0.0541 e. The number of hydrogen-bond donors (Lipinski definition) is 0. The van der Waals surface area contributed by atoms with Crippen molar-refractivity contribution in [3.8, 4) is 134 Å². The van der Waals surface area contributed by atoms with Gasteiger partial charge in [0.25, 0.3) is 0 Å². The van der Waals surface area contributed by atoms with Crippen LogP contribution in [0, 0.1) is 0 Å². The molecule has 2 heterocycles. The average molecular weight is 1250 g/mol. The minimum absolute atomic E-state index is 1.09. The molecule has 0 radical (unpaired) electrons. The van der Waals surface area contributed by atoms with Gasteiger partial charge < -0.3 is 9.13 Å². The third-order valence-corrected chi connectivity index (χ3v) is 19.7. The second-order valence-corrected chi connectivity index (χ2v) is 25.6. The third kappa shape index (κ3) is 10.9. The Kier molecular flexibility index (Phi) is 14.6. The second kappa shape index (κ2) is 24.8. The molecule has 16 aromatic carbocycles. The van der Waals surface area contributed by atoms with Gasteiger partial charge in [-0.3, -0.25) is 0 Å². The molecule has 0 bridgehead atoms. The average Bonchev–Trinajstić information content (AvgIpc) is 1.58. The van der Waals surface area contributed by atoms with Crippen LogP contribution >= 0.6 is 0 Å². The summed E-state index contributed by atoms with van der Waals surface area (Å²) in [5, 5.41) is 4.85. The monoisotopic (exact) mass is 1240 g/mol. The summed E-state index contributed by atoms with van der Waals surface area (Å²) in [7, 11) is 0. The highest BCUT2D eigenvalue weighted by atomic mass is 15.0. The van der Waals surface area contributed by atoms with Crippen molar-refractivity contribution in [3.05, 3.63) is 388 Å². The van der Waals surface area contributed by atoms with Crippen LogP contribution in [0.5, 0.6) is 0 Å². The quantitative estimate of drug-likeness (QED) is 0.109. The molecule has 0 saturated carbocycles. The molecule has 2 aromatic heterocycles. The van der Waals surface area contributed by atoms with E-state index >= 15 is 0 Å². The molecule has 2 nitrogen and oxygen atoms in total. The maximum absolute atomic E-state index is 2.48. The maximum atomic E-state index is 2.48. The number of aromatic nitrogens is 2. The predicted molar refractivity (Wildman–Crippen MR) is 415 cm³/mol. The van der Waals surface area contributed by atoms with Crippen molar-refractivity contribution in [1.82, 2.24) is 9.13 Å². The largest absolute Gasteiger partial charge is 0.309 e. The summed E-state index contributed by atoms with van der Waals surface area (Å²) in [5.41, 5.74) is 32.9. The molecular weight excluding hydrogens is 1180 g/mol. The van der Waals surface area contributed by atoms with Gasteiger partial charge in [0.05, 0.1) is 22.1 Å². The standard InChI is InChI=1S/C96H64N2/c1-4-20-65(21-5-1)68-42-44-69(45-43-68)75-29-16-31-77(56-75)78-32-18-35-81(58-78)86-59-85(80-34-17-30-76(57-80)71-48-46-70(47-49-71)74-28-14-26-72(54-74)66-22-6-2-7-23-66)61-88(62-86)98-94-41-13-11-39-90(94)92-64-84(51-53-96(92)98)83-50-52-95-91(63-83)89-38-10-12-40-93(89)97(95)87-37-19-36-82(60-87)79-33-15-27-73(55-79)67-24-8-3-9-25-67/h1-64H. The van der Waals surface area contributed by atoms with Crippen LogP contribution in [0.2, 0.25) is 0 Å². The lowest BCUT2D eigenvalue weighted by Crippen LogP contribution is -1.96.